The van der Waals surface area contributed by atoms with Gasteiger partial charge < -0.3 is 19.3 Å². The zero-order valence-corrected chi connectivity index (χ0v) is 21.3. The normalized spacial score (nSPS) is 21.0. The fourth-order valence-electron chi connectivity index (χ4n) is 5.38. The minimum Gasteiger partial charge on any atom is -0.502 e. The number of hydrogen-bond acceptors (Lipinski definition) is 6. The number of imide groups is 1. The first-order valence-corrected chi connectivity index (χ1v) is 12.6. The molecule has 39 heavy (non-hydrogen) atoms. The lowest BCUT2D eigenvalue weighted by Gasteiger charge is -2.37. The van der Waals surface area contributed by atoms with Crippen molar-refractivity contribution in [3.05, 3.63) is 46.5 Å². The van der Waals surface area contributed by atoms with Crippen LogP contribution >= 0.6 is 0 Å². The second-order valence-corrected chi connectivity index (χ2v) is 9.93. The summed E-state index contributed by atoms with van der Waals surface area (Å²) < 4.78 is 11.4. The highest BCUT2D eigenvalue weighted by Gasteiger charge is 2.41. The Morgan fingerprint density at radius 2 is 1.79 bits per heavy atom. The van der Waals surface area contributed by atoms with E-state index in [1.165, 1.54) is 4.90 Å². The molecule has 3 aliphatic rings. The van der Waals surface area contributed by atoms with Crippen LogP contribution in [0.1, 0.15) is 45.8 Å². The maximum atomic E-state index is 13.2. The van der Waals surface area contributed by atoms with E-state index in [1.54, 1.807) is 24.3 Å². The quantitative estimate of drug-likeness (QED) is 0.328. The molecule has 3 amide bonds. The molecule has 14 heteroatoms. The highest BCUT2D eigenvalue weighted by Crippen LogP contribution is 2.35. The van der Waals surface area contributed by atoms with E-state index in [1.807, 2.05) is 4.90 Å². The molecule has 2 atom stereocenters. The van der Waals surface area contributed by atoms with Crippen molar-refractivity contribution in [3.63, 3.8) is 0 Å². The molecule has 8 nitrogen and oxygen atoms in total. The van der Waals surface area contributed by atoms with Gasteiger partial charge >= 0.3 is 0 Å². The second-order valence-electron chi connectivity index (χ2n) is 9.93. The summed E-state index contributed by atoms with van der Waals surface area (Å²) in [4.78, 5) is 40.5. The van der Waals surface area contributed by atoms with E-state index in [0.29, 0.717) is 43.0 Å². The molecule has 0 aliphatic carbocycles. The lowest BCUT2D eigenvalue weighted by atomic mass is 9.53. The Hall–Kier alpha value is -2.84. The van der Waals surface area contributed by atoms with E-state index >= 15 is 0 Å². The van der Waals surface area contributed by atoms with Crippen molar-refractivity contribution in [2.45, 2.75) is 36.8 Å². The van der Waals surface area contributed by atoms with Gasteiger partial charge in [-0.05, 0) is 35.6 Å². The summed E-state index contributed by atoms with van der Waals surface area (Å²) in [5, 5.41) is 0.241. The zero-order valence-electron chi connectivity index (χ0n) is 21.3. The highest BCUT2D eigenvalue weighted by molar-refractivity contribution is 6.54. The van der Waals surface area contributed by atoms with Crippen LogP contribution in [-0.4, -0.2) is 107 Å². The van der Waals surface area contributed by atoms with Crippen LogP contribution in [0.2, 0.25) is 0 Å². The first kappa shape index (κ1) is 27.7. The van der Waals surface area contributed by atoms with Crippen LogP contribution < -0.4 is 26.4 Å². The first-order valence-electron chi connectivity index (χ1n) is 12.6. The van der Waals surface area contributed by atoms with Crippen LogP contribution in [0.3, 0.4) is 0 Å². The van der Waals surface area contributed by atoms with Gasteiger partial charge in [-0.25, -0.2) is 0 Å². The maximum absolute atomic E-state index is 13.2. The summed E-state index contributed by atoms with van der Waals surface area (Å²) in [6.07, 6.45) is 0.364. The second kappa shape index (κ2) is 10.6. The third-order valence-corrected chi connectivity index (χ3v) is 7.44. The molecular formula is C25H21B6N3O5. The van der Waals surface area contributed by atoms with Crippen LogP contribution in [0.5, 0.6) is 5.75 Å². The summed E-state index contributed by atoms with van der Waals surface area (Å²) in [5.41, 5.74) is 1.77. The summed E-state index contributed by atoms with van der Waals surface area (Å²) >= 11 is 0. The molecule has 2 aromatic rings. The maximum Gasteiger partial charge on any atom is 0.255 e. The molecular weight excluding hydrogens is 487 g/mol. The molecule has 2 fully saturated rings. The van der Waals surface area contributed by atoms with Crippen molar-refractivity contribution in [2.75, 3.05) is 26.3 Å². The number of amides is 3. The van der Waals surface area contributed by atoms with Gasteiger partial charge in [-0.1, -0.05) is 28.5 Å². The summed E-state index contributed by atoms with van der Waals surface area (Å²) in [7, 11) is 38.5. The Morgan fingerprint density at radius 1 is 1.08 bits per heavy atom. The zero-order chi connectivity index (χ0) is 28.1. The smallest absolute Gasteiger partial charge is 0.255 e. The molecule has 5 rings (SSSR count). The van der Waals surface area contributed by atoms with E-state index < -0.39 is 23.3 Å². The Kier molecular flexibility index (Phi) is 7.55. The fourth-order valence-corrected chi connectivity index (χ4v) is 5.38. The lowest BCUT2D eigenvalue weighted by Crippen LogP contribution is -2.52. The van der Waals surface area contributed by atoms with Gasteiger partial charge in [0.05, 0.1) is 27.6 Å². The van der Waals surface area contributed by atoms with Gasteiger partial charge in [0, 0.05) is 36.0 Å². The molecule has 2 aromatic carbocycles. The molecule has 0 aromatic heterocycles. The van der Waals surface area contributed by atoms with Crippen LogP contribution in [0, 0.1) is 0 Å². The number of benzene rings is 2. The van der Waals surface area contributed by atoms with E-state index in [9.17, 15) is 14.4 Å². The molecule has 2 unspecified atom stereocenters. The Bertz CT molecular complexity index is 1350. The van der Waals surface area contributed by atoms with Gasteiger partial charge in [0.2, 0.25) is 11.8 Å². The van der Waals surface area contributed by atoms with Gasteiger partial charge in [0.15, 0.2) is 0 Å². The third-order valence-electron chi connectivity index (χ3n) is 7.44. The molecule has 3 heterocycles. The number of carbonyl (C=O) groups excluding carboxylic acids is 3. The number of rotatable bonds is 6. The fraction of sp³-hybridized carbons (Fsp3) is 0.400. The van der Waals surface area contributed by atoms with Gasteiger partial charge in [0.1, 0.15) is 51.0 Å². The highest BCUT2D eigenvalue weighted by atomic mass is 16.5. The minimum atomic E-state index is -2.04. The summed E-state index contributed by atoms with van der Waals surface area (Å²) in [6, 6.07) is 5.63. The number of ether oxygens (including phenoxy) is 2. The monoisotopic (exact) mass is 509 g/mol. The largest absolute Gasteiger partial charge is 0.502 e. The number of fused-ring (bicyclic) bond motifs is 1. The molecule has 2 saturated heterocycles. The summed E-state index contributed by atoms with van der Waals surface area (Å²) in [5.74, 6) is -1.61. The van der Waals surface area contributed by atoms with Crippen molar-refractivity contribution in [2.24, 2.45) is 0 Å². The first-order chi connectivity index (χ1) is 18.5. The van der Waals surface area contributed by atoms with Crippen LogP contribution in [0.15, 0.2) is 24.3 Å². The molecule has 0 spiro atoms. The van der Waals surface area contributed by atoms with Crippen LogP contribution in [-0.2, 0) is 26.3 Å². The predicted octanol–water partition coefficient (Wildman–Crippen LogP) is -3.15. The average molecular weight is 508 g/mol. The van der Waals surface area contributed by atoms with Gasteiger partial charge in [-0.2, -0.15) is 0 Å². The van der Waals surface area contributed by atoms with E-state index in [0.717, 1.165) is 0 Å². The molecule has 184 valence electrons. The summed E-state index contributed by atoms with van der Waals surface area (Å²) in [6.45, 7) is 2.40. The predicted molar refractivity (Wildman–Crippen MR) is 150 cm³/mol. The van der Waals surface area contributed by atoms with Crippen LogP contribution in [0.4, 0.5) is 0 Å². The number of nitrogens with one attached hydrogen (secondary N) is 1. The number of carbonyl (C=O) groups is 3. The van der Waals surface area contributed by atoms with Crippen molar-refractivity contribution >= 4 is 81.2 Å². The number of hydrogen-bond donors (Lipinski definition) is 1. The molecule has 0 bridgehead atoms. The molecule has 0 saturated carbocycles. The van der Waals surface area contributed by atoms with E-state index in [2.05, 4.69) is 5.32 Å². The SMILES string of the molecule is [B]c1cc(C([B])N2CCOCC2)c([B])c([B])c1C([B])([B])Oc1cccc2c1CN(C1CCC(=O)NC1=O)C2=O. The Labute approximate surface area is 235 Å². The number of piperidine rings is 1. The number of morpholine rings is 1. The minimum absolute atomic E-state index is 0.0348. The number of nitrogens with zero attached hydrogens (tertiary/aromatic N) is 2. The molecule has 3 aliphatic heterocycles. The van der Waals surface area contributed by atoms with Crippen molar-refractivity contribution in [1.82, 2.24) is 15.1 Å². The lowest BCUT2D eigenvalue weighted by molar-refractivity contribution is -0.136. The molecule has 1 N–H and O–H groups in total. The Morgan fingerprint density at radius 3 is 2.49 bits per heavy atom. The van der Waals surface area contributed by atoms with Gasteiger partial charge in [-0.15, -0.1) is 0 Å². The van der Waals surface area contributed by atoms with Crippen molar-refractivity contribution < 1.29 is 23.9 Å². The van der Waals surface area contributed by atoms with Crippen LogP contribution in [0.25, 0.3) is 0 Å². The van der Waals surface area contributed by atoms with Crippen molar-refractivity contribution in [1.29, 1.82) is 0 Å². The van der Waals surface area contributed by atoms with E-state index in [-0.39, 0.29) is 58.9 Å². The molecule has 12 radical (unpaired) electrons. The Balaban J connectivity index is 1.42. The van der Waals surface area contributed by atoms with E-state index in [4.69, 9.17) is 56.6 Å². The van der Waals surface area contributed by atoms with Gasteiger partial charge in [0.25, 0.3) is 5.91 Å². The average Bonchev–Trinajstić information content (AvgIpc) is 3.23. The topological polar surface area (TPSA) is 88.2 Å². The standard InChI is InChI=1S/C25H21B6N3O5/c26-15-10-13(22(29)33-6-8-38-9-7-33)20(27)21(28)19(15)25(30,31)39-17-3-1-2-12-14(17)11-34(24(12)37)16-4-5-18(35)32-23(16)36/h1-3,10,16,22H,4-9,11H2,(H,32,35,36). The third kappa shape index (κ3) is 5.09. The van der Waals surface area contributed by atoms with Gasteiger partial charge in [-0.3, -0.25) is 19.7 Å². The van der Waals surface area contributed by atoms with Crippen molar-refractivity contribution in [3.8, 4) is 5.75 Å².